The molecule has 0 fully saturated rings. The zero-order chi connectivity index (χ0) is 25.5. The van der Waals surface area contributed by atoms with Crippen molar-refractivity contribution in [3.63, 3.8) is 0 Å². The van der Waals surface area contributed by atoms with Crippen LogP contribution in [-0.2, 0) is 6.61 Å². The van der Waals surface area contributed by atoms with E-state index in [1.165, 1.54) is 0 Å². The molecule has 0 saturated carbocycles. The lowest BCUT2D eigenvalue weighted by molar-refractivity contribution is 0.0955. The van der Waals surface area contributed by atoms with Gasteiger partial charge in [0.05, 0.1) is 11.9 Å². The molecule has 0 saturated heterocycles. The first kappa shape index (κ1) is 23.8. The van der Waals surface area contributed by atoms with E-state index in [9.17, 15) is 4.79 Å². The van der Waals surface area contributed by atoms with Crippen molar-refractivity contribution in [3.05, 3.63) is 138 Å². The predicted molar refractivity (Wildman–Crippen MR) is 146 cm³/mol. The van der Waals surface area contributed by atoms with Crippen molar-refractivity contribution in [1.29, 1.82) is 0 Å². The molecule has 0 atom stereocenters. The predicted octanol–water partition coefficient (Wildman–Crippen LogP) is 6.19. The summed E-state index contributed by atoms with van der Waals surface area (Å²) in [4.78, 5) is 12.5. The van der Waals surface area contributed by atoms with Crippen molar-refractivity contribution < 1.29 is 9.53 Å². The zero-order valence-electron chi connectivity index (χ0n) is 20.4. The van der Waals surface area contributed by atoms with E-state index in [2.05, 4.69) is 10.5 Å². The molecule has 0 aliphatic rings. The lowest BCUT2D eigenvalue weighted by Crippen LogP contribution is -2.17. The number of aryl methyl sites for hydroxylation is 1. The lowest BCUT2D eigenvalue weighted by atomic mass is 10.1. The summed E-state index contributed by atoms with van der Waals surface area (Å²) in [6.45, 7) is 2.45. The van der Waals surface area contributed by atoms with E-state index in [0.29, 0.717) is 12.2 Å². The van der Waals surface area contributed by atoms with Crippen LogP contribution in [0.4, 0.5) is 0 Å². The van der Waals surface area contributed by atoms with Crippen LogP contribution in [0.1, 0.15) is 27.0 Å². The van der Waals surface area contributed by atoms with Gasteiger partial charge in [-0.15, -0.1) is 0 Å². The average molecular weight is 487 g/mol. The molecule has 4 aromatic carbocycles. The number of benzene rings is 4. The van der Waals surface area contributed by atoms with Crippen LogP contribution in [0.2, 0.25) is 0 Å². The van der Waals surface area contributed by atoms with Crippen LogP contribution in [0, 0.1) is 6.92 Å². The number of nitrogens with zero attached hydrogens (tertiary/aromatic N) is 3. The molecule has 0 aliphatic heterocycles. The number of carbonyl (C=O) groups excluding carboxylic acids is 1. The van der Waals surface area contributed by atoms with Gasteiger partial charge in [0.25, 0.3) is 5.91 Å². The molecule has 5 rings (SSSR count). The van der Waals surface area contributed by atoms with E-state index in [4.69, 9.17) is 9.84 Å². The van der Waals surface area contributed by atoms with Gasteiger partial charge in [-0.2, -0.15) is 10.2 Å². The first-order valence-electron chi connectivity index (χ1n) is 12.0. The number of hydrogen-bond donors (Lipinski definition) is 1. The Bertz CT molecular complexity index is 1510. The number of hydrogen-bond acceptors (Lipinski definition) is 4. The minimum absolute atomic E-state index is 0.267. The Balaban J connectivity index is 1.37. The highest BCUT2D eigenvalue weighted by atomic mass is 16.5. The number of aromatic nitrogens is 2. The summed E-state index contributed by atoms with van der Waals surface area (Å²) in [5.74, 6) is 0.507. The van der Waals surface area contributed by atoms with Gasteiger partial charge in [0.2, 0.25) is 0 Å². The van der Waals surface area contributed by atoms with Gasteiger partial charge in [0, 0.05) is 22.9 Å². The second-order valence-electron chi connectivity index (χ2n) is 8.58. The average Bonchev–Trinajstić information content (AvgIpc) is 3.37. The molecule has 1 heterocycles. The Morgan fingerprint density at radius 3 is 2.38 bits per heavy atom. The Kier molecular flexibility index (Phi) is 7.18. The van der Waals surface area contributed by atoms with E-state index in [1.54, 1.807) is 17.0 Å². The van der Waals surface area contributed by atoms with Crippen LogP contribution in [-0.4, -0.2) is 21.9 Å². The van der Waals surface area contributed by atoms with Gasteiger partial charge < -0.3 is 4.74 Å². The normalized spacial score (nSPS) is 10.9. The summed E-state index contributed by atoms with van der Waals surface area (Å²) in [7, 11) is 0. The molecule has 6 heteroatoms. The second-order valence-corrected chi connectivity index (χ2v) is 8.58. The van der Waals surface area contributed by atoms with Crippen molar-refractivity contribution in [1.82, 2.24) is 15.2 Å². The van der Waals surface area contributed by atoms with E-state index in [0.717, 1.165) is 39.4 Å². The molecule has 37 heavy (non-hydrogen) atoms. The van der Waals surface area contributed by atoms with E-state index in [1.807, 2.05) is 116 Å². The Morgan fingerprint density at radius 2 is 1.65 bits per heavy atom. The third-order valence-electron chi connectivity index (χ3n) is 5.79. The molecule has 1 amide bonds. The second kappa shape index (κ2) is 11.2. The molecular weight excluding hydrogens is 460 g/mol. The summed E-state index contributed by atoms with van der Waals surface area (Å²) in [6, 6.07) is 35.1. The largest absolute Gasteiger partial charge is 0.489 e. The Morgan fingerprint density at radius 1 is 0.919 bits per heavy atom. The number of rotatable bonds is 8. The quantitative estimate of drug-likeness (QED) is 0.210. The Hall–Kier alpha value is -4.97. The smallest absolute Gasteiger partial charge is 0.271 e. The molecule has 0 bridgehead atoms. The highest BCUT2D eigenvalue weighted by Gasteiger charge is 2.12. The van der Waals surface area contributed by atoms with Gasteiger partial charge in [-0.3, -0.25) is 4.79 Å². The van der Waals surface area contributed by atoms with Gasteiger partial charge in [-0.05, 0) is 61.0 Å². The number of ether oxygens (including phenoxy) is 1. The van der Waals surface area contributed by atoms with Crippen LogP contribution >= 0.6 is 0 Å². The van der Waals surface area contributed by atoms with Crippen LogP contribution in [0.25, 0.3) is 16.9 Å². The van der Waals surface area contributed by atoms with Crippen LogP contribution < -0.4 is 10.2 Å². The minimum atomic E-state index is -0.267. The molecule has 1 aromatic heterocycles. The first-order valence-corrected chi connectivity index (χ1v) is 12.0. The molecule has 0 aliphatic carbocycles. The molecule has 0 unspecified atom stereocenters. The fourth-order valence-corrected chi connectivity index (χ4v) is 3.88. The minimum Gasteiger partial charge on any atom is -0.489 e. The highest BCUT2D eigenvalue weighted by Crippen LogP contribution is 2.25. The third-order valence-corrected chi connectivity index (χ3v) is 5.79. The van der Waals surface area contributed by atoms with Gasteiger partial charge in [0.1, 0.15) is 18.1 Å². The van der Waals surface area contributed by atoms with Crippen LogP contribution in [0.15, 0.2) is 120 Å². The Labute approximate surface area is 215 Å². The summed E-state index contributed by atoms with van der Waals surface area (Å²) >= 11 is 0. The lowest BCUT2D eigenvalue weighted by Gasteiger charge is -2.07. The molecule has 6 nitrogen and oxygen atoms in total. The molecular formula is C31H26N4O2. The van der Waals surface area contributed by atoms with E-state index < -0.39 is 0 Å². The molecule has 5 aromatic rings. The molecule has 1 N–H and O–H groups in total. The summed E-state index contributed by atoms with van der Waals surface area (Å²) < 4.78 is 7.73. The number of carbonyl (C=O) groups is 1. The van der Waals surface area contributed by atoms with E-state index in [-0.39, 0.29) is 5.91 Å². The standard InChI is InChI=1S/C31H26N4O2/c1-23-9-8-12-26(19-23)31(36)33-32-20-27-21-35(28-13-6-3-7-14-28)34-30(27)25-15-17-29(18-16-25)37-22-24-10-4-2-5-11-24/h2-21H,22H2,1H3,(H,33,36)/b32-20-. The summed E-state index contributed by atoms with van der Waals surface area (Å²) in [5.41, 5.74) is 8.65. The SMILES string of the molecule is Cc1cccc(C(=O)N/N=C\c2cn(-c3ccccc3)nc2-c2ccc(OCc3ccccc3)cc2)c1. The number of nitrogens with one attached hydrogen (secondary N) is 1. The van der Waals surface area contributed by atoms with Gasteiger partial charge in [-0.1, -0.05) is 66.2 Å². The highest BCUT2D eigenvalue weighted by molar-refractivity contribution is 5.95. The fourth-order valence-electron chi connectivity index (χ4n) is 3.88. The van der Waals surface area contributed by atoms with Crippen LogP contribution in [0.3, 0.4) is 0 Å². The number of para-hydroxylation sites is 1. The number of hydrazone groups is 1. The van der Waals surface area contributed by atoms with Crippen molar-refractivity contribution in [2.75, 3.05) is 0 Å². The molecule has 0 spiro atoms. The van der Waals surface area contributed by atoms with Gasteiger partial charge >= 0.3 is 0 Å². The monoisotopic (exact) mass is 486 g/mol. The van der Waals surface area contributed by atoms with Gasteiger partial charge in [0.15, 0.2) is 0 Å². The van der Waals surface area contributed by atoms with E-state index >= 15 is 0 Å². The summed E-state index contributed by atoms with van der Waals surface area (Å²) in [6.07, 6.45) is 3.52. The zero-order valence-corrected chi connectivity index (χ0v) is 20.4. The summed E-state index contributed by atoms with van der Waals surface area (Å²) in [5, 5.41) is 9.03. The van der Waals surface area contributed by atoms with Crippen molar-refractivity contribution in [3.8, 4) is 22.7 Å². The maximum absolute atomic E-state index is 12.5. The van der Waals surface area contributed by atoms with Gasteiger partial charge in [-0.25, -0.2) is 10.1 Å². The van der Waals surface area contributed by atoms with Crippen molar-refractivity contribution in [2.24, 2.45) is 5.10 Å². The fraction of sp³-hybridized carbons (Fsp3) is 0.0645. The molecule has 0 radical (unpaired) electrons. The van der Waals surface area contributed by atoms with Crippen molar-refractivity contribution in [2.45, 2.75) is 13.5 Å². The molecule has 182 valence electrons. The number of amides is 1. The maximum Gasteiger partial charge on any atom is 0.271 e. The topological polar surface area (TPSA) is 68.5 Å². The first-order chi connectivity index (χ1) is 18.2. The van der Waals surface area contributed by atoms with Crippen molar-refractivity contribution >= 4 is 12.1 Å². The third kappa shape index (κ3) is 6.00. The maximum atomic E-state index is 12.5. The van der Waals surface area contributed by atoms with Crippen LogP contribution in [0.5, 0.6) is 5.75 Å².